The molecule has 2 N–H and O–H groups in total. The standard InChI is InChI=1S/C21H20Cl2N6S2/c1-3-12(2)17(18-24-26-20(30)28(18)15-8-4-13(22)5-9-15)19-25-27-21(31)29(19)16-10-6-14(23)7-11-16/h4-12,17H,3H2,1-2H3,(H,26,30)(H,27,31). The molecule has 0 aliphatic rings. The fourth-order valence-corrected chi connectivity index (χ4v) is 4.32. The maximum Gasteiger partial charge on any atom is 0.199 e. The van der Waals surface area contributed by atoms with Crippen molar-refractivity contribution in [2.75, 3.05) is 0 Å². The Morgan fingerprint density at radius 3 is 1.55 bits per heavy atom. The van der Waals surface area contributed by atoms with E-state index >= 15 is 0 Å². The van der Waals surface area contributed by atoms with E-state index in [1.165, 1.54) is 0 Å². The summed E-state index contributed by atoms with van der Waals surface area (Å²) in [5.74, 6) is 1.53. The fourth-order valence-electron chi connectivity index (χ4n) is 3.58. The van der Waals surface area contributed by atoms with Gasteiger partial charge in [0.15, 0.2) is 9.54 Å². The molecular formula is C21H20Cl2N6S2. The van der Waals surface area contributed by atoms with Gasteiger partial charge in [-0.2, -0.15) is 10.2 Å². The van der Waals surface area contributed by atoms with Crippen LogP contribution in [0.2, 0.25) is 10.0 Å². The molecule has 0 saturated heterocycles. The minimum absolute atomic E-state index is 0.183. The summed E-state index contributed by atoms with van der Waals surface area (Å²) in [6.45, 7) is 4.30. The van der Waals surface area contributed by atoms with E-state index in [-0.39, 0.29) is 11.8 Å². The van der Waals surface area contributed by atoms with E-state index in [4.69, 9.17) is 47.6 Å². The summed E-state index contributed by atoms with van der Waals surface area (Å²) >= 11 is 23.3. The highest BCUT2D eigenvalue weighted by Crippen LogP contribution is 2.34. The highest BCUT2D eigenvalue weighted by atomic mass is 35.5. The predicted octanol–water partition coefficient (Wildman–Crippen LogP) is 6.66. The molecule has 2 aromatic carbocycles. The molecule has 0 aliphatic heterocycles. The lowest BCUT2D eigenvalue weighted by Gasteiger charge is -2.23. The Hall–Kier alpha value is -2.26. The molecule has 10 heteroatoms. The zero-order chi connectivity index (χ0) is 22.1. The minimum atomic E-state index is -0.183. The van der Waals surface area contributed by atoms with E-state index in [0.29, 0.717) is 19.6 Å². The van der Waals surface area contributed by atoms with Crippen molar-refractivity contribution < 1.29 is 0 Å². The Morgan fingerprint density at radius 2 is 1.19 bits per heavy atom. The molecule has 0 aliphatic carbocycles. The summed E-state index contributed by atoms with van der Waals surface area (Å²) in [5, 5.41) is 16.4. The SMILES string of the molecule is CCC(C)C(c1n[nH]c(=S)n1-c1ccc(Cl)cc1)c1n[nH]c(=S)n1-c1ccc(Cl)cc1. The van der Waals surface area contributed by atoms with Gasteiger partial charge < -0.3 is 0 Å². The normalized spacial score (nSPS) is 12.4. The quantitative estimate of drug-likeness (QED) is 0.296. The Morgan fingerprint density at radius 1 is 0.806 bits per heavy atom. The van der Waals surface area contributed by atoms with Gasteiger partial charge in [0, 0.05) is 21.4 Å². The third kappa shape index (κ3) is 4.25. The first-order valence-corrected chi connectivity index (χ1v) is 11.3. The number of aromatic nitrogens is 6. The molecule has 1 unspecified atom stereocenters. The number of benzene rings is 2. The molecule has 160 valence electrons. The van der Waals surface area contributed by atoms with Gasteiger partial charge in [-0.15, -0.1) is 0 Å². The van der Waals surface area contributed by atoms with Crippen molar-refractivity contribution >= 4 is 47.6 Å². The van der Waals surface area contributed by atoms with Gasteiger partial charge in [0.25, 0.3) is 0 Å². The van der Waals surface area contributed by atoms with Crippen LogP contribution in [0.3, 0.4) is 0 Å². The maximum atomic E-state index is 6.09. The summed E-state index contributed by atoms with van der Waals surface area (Å²) in [4.78, 5) is 0. The molecule has 2 heterocycles. The van der Waals surface area contributed by atoms with Crippen LogP contribution in [0, 0.1) is 15.5 Å². The van der Waals surface area contributed by atoms with Crippen LogP contribution in [-0.4, -0.2) is 29.5 Å². The molecule has 4 rings (SSSR count). The van der Waals surface area contributed by atoms with E-state index in [1.807, 2.05) is 57.7 Å². The van der Waals surface area contributed by atoms with Crippen molar-refractivity contribution in [1.82, 2.24) is 29.5 Å². The van der Waals surface area contributed by atoms with Gasteiger partial charge in [-0.3, -0.25) is 19.3 Å². The highest BCUT2D eigenvalue weighted by Gasteiger charge is 2.31. The molecule has 0 saturated carbocycles. The number of nitrogens with zero attached hydrogens (tertiary/aromatic N) is 4. The Balaban J connectivity index is 1.93. The van der Waals surface area contributed by atoms with Crippen molar-refractivity contribution in [3.8, 4) is 11.4 Å². The van der Waals surface area contributed by atoms with Gasteiger partial charge in [0.2, 0.25) is 0 Å². The van der Waals surface area contributed by atoms with Gasteiger partial charge in [0.1, 0.15) is 11.6 Å². The van der Waals surface area contributed by atoms with E-state index in [9.17, 15) is 0 Å². The predicted molar refractivity (Wildman–Crippen MR) is 129 cm³/mol. The molecule has 0 bridgehead atoms. The number of rotatable bonds is 6. The summed E-state index contributed by atoms with van der Waals surface area (Å²) in [7, 11) is 0. The zero-order valence-corrected chi connectivity index (χ0v) is 20.0. The van der Waals surface area contributed by atoms with E-state index in [2.05, 4.69) is 34.2 Å². The Bertz CT molecular complexity index is 1200. The lowest BCUT2D eigenvalue weighted by molar-refractivity contribution is 0.451. The molecule has 0 fully saturated rings. The van der Waals surface area contributed by atoms with Crippen LogP contribution in [0.4, 0.5) is 0 Å². The Labute approximate surface area is 199 Å². The van der Waals surface area contributed by atoms with Crippen LogP contribution in [-0.2, 0) is 0 Å². The second kappa shape index (κ2) is 9.08. The third-order valence-electron chi connectivity index (χ3n) is 5.34. The van der Waals surface area contributed by atoms with Gasteiger partial charge in [0.05, 0.1) is 5.92 Å². The fraction of sp³-hybridized carbons (Fsp3) is 0.238. The van der Waals surface area contributed by atoms with E-state index in [1.54, 1.807) is 0 Å². The molecule has 2 aromatic heterocycles. The summed E-state index contributed by atoms with van der Waals surface area (Å²) in [6.07, 6.45) is 0.908. The highest BCUT2D eigenvalue weighted by molar-refractivity contribution is 7.71. The first-order valence-electron chi connectivity index (χ1n) is 9.77. The van der Waals surface area contributed by atoms with Crippen molar-refractivity contribution in [3.63, 3.8) is 0 Å². The van der Waals surface area contributed by atoms with Crippen LogP contribution >= 0.6 is 47.6 Å². The molecule has 0 spiro atoms. The molecule has 0 radical (unpaired) electrons. The summed E-state index contributed by atoms with van der Waals surface area (Å²) < 4.78 is 4.84. The summed E-state index contributed by atoms with van der Waals surface area (Å²) in [5.41, 5.74) is 1.75. The second-order valence-electron chi connectivity index (χ2n) is 7.26. The monoisotopic (exact) mass is 490 g/mol. The number of hydrogen-bond donors (Lipinski definition) is 2. The average molecular weight is 491 g/mol. The topological polar surface area (TPSA) is 67.2 Å². The number of hydrogen-bond acceptors (Lipinski definition) is 4. The first-order chi connectivity index (χ1) is 14.9. The number of nitrogens with one attached hydrogen (secondary N) is 2. The van der Waals surface area contributed by atoms with E-state index in [0.717, 1.165) is 29.4 Å². The zero-order valence-electron chi connectivity index (χ0n) is 16.8. The largest absolute Gasteiger partial charge is 0.272 e. The molecular weight excluding hydrogens is 471 g/mol. The van der Waals surface area contributed by atoms with Gasteiger partial charge in [-0.05, 0) is 78.9 Å². The number of H-pyrrole nitrogens is 2. The molecule has 6 nitrogen and oxygen atoms in total. The smallest absolute Gasteiger partial charge is 0.199 e. The molecule has 31 heavy (non-hydrogen) atoms. The van der Waals surface area contributed by atoms with Crippen molar-refractivity contribution in [2.24, 2.45) is 5.92 Å². The lowest BCUT2D eigenvalue weighted by atomic mass is 9.89. The van der Waals surface area contributed by atoms with Crippen LogP contribution in [0.1, 0.15) is 37.8 Å². The van der Waals surface area contributed by atoms with Crippen LogP contribution < -0.4 is 0 Å². The lowest BCUT2D eigenvalue weighted by Crippen LogP contribution is -2.20. The molecule has 1 atom stereocenters. The van der Waals surface area contributed by atoms with Gasteiger partial charge in [-0.1, -0.05) is 43.5 Å². The van der Waals surface area contributed by atoms with Gasteiger partial charge >= 0.3 is 0 Å². The van der Waals surface area contributed by atoms with Crippen molar-refractivity contribution in [3.05, 3.63) is 79.8 Å². The average Bonchev–Trinajstić information content (AvgIpc) is 3.33. The maximum absolute atomic E-state index is 6.09. The Kier molecular flexibility index (Phi) is 6.43. The van der Waals surface area contributed by atoms with Crippen LogP contribution in [0.15, 0.2) is 48.5 Å². The first kappa shape index (κ1) is 22.0. The van der Waals surface area contributed by atoms with Crippen LogP contribution in [0.25, 0.3) is 11.4 Å². The summed E-state index contributed by atoms with van der Waals surface area (Å²) in [6, 6.07) is 15.0. The number of aromatic amines is 2. The van der Waals surface area contributed by atoms with Crippen LogP contribution in [0.5, 0.6) is 0 Å². The van der Waals surface area contributed by atoms with Gasteiger partial charge in [-0.25, -0.2) is 0 Å². The minimum Gasteiger partial charge on any atom is -0.272 e. The van der Waals surface area contributed by atoms with Crippen molar-refractivity contribution in [2.45, 2.75) is 26.2 Å². The van der Waals surface area contributed by atoms with E-state index < -0.39 is 0 Å². The number of halogens is 2. The molecule has 0 amide bonds. The third-order valence-corrected chi connectivity index (χ3v) is 6.39. The molecule has 4 aromatic rings. The second-order valence-corrected chi connectivity index (χ2v) is 8.91. The van der Waals surface area contributed by atoms with Crippen molar-refractivity contribution in [1.29, 1.82) is 0 Å².